The zero-order chi connectivity index (χ0) is 29.7. The van der Waals surface area contributed by atoms with Crippen molar-refractivity contribution in [3.8, 4) is 22.3 Å². The Hall–Kier alpha value is -6.06. The second-order valence-corrected chi connectivity index (χ2v) is 11.3. The van der Waals surface area contributed by atoms with Gasteiger partial charge >= 0.3 is 0 Å². The maximum atomic E-state index is 6.55. The third-order valence-corrected chi connectivity index (χ3v) is 8.70. The van der Waals surface area contributed by atoms with E-state index in [1.807, 2.05) is 30.3 Å². The van der Waals surface area contributed by atoms with Gasteiger partial charge in [-0.25, -0.2) is 0 Å². The van der Waals surface area contributed by atoms with Gasteiger partial charge in [-0.05, 0) is 58.7 Å². The molecule has 0 spiro atoms. The average molecular weight is 578 g/mol. The van der Waals surface area contributed by atoms with Crippen molar-refractivity contribution in [1.82, 2.24) is 0 Å². The summed E-state index contributed by atoms with van der Waals surface area (Å²) in [5.41, 5.74) is 11.1. The summed E-state index contributed by atoms with van der Waals surface area (Å²) in [6, 6.07) is 57.2. The van der Waals surface area contributed by atoms with Gasteiger partial charge in [0.25, 0.3) is 0 Å². The number of anilines is 3. The summed E-state index contributed by atoms with van der Waals surface area (Å²) >= 11 is 0. The van der Waals surface area contributed by atoms with Gasteiger partial charge in [0.05, 0.1) is 11.4 Å². The van der Waals surface area contributed by atoms with E-state index < -0.39 is 0 Å². The zero-order valence-corrected chi connectivity index (χ0v) is 24.4. The van der Waals surface area contributed by atoms with E-state index in [-0.39, 0.29) is 0 Å². The molecule has 0 aliphatic carbocycles. The van der Waals surface area contributed by atoms with Crippen LogP contribution in [0, 0.1) is 0 Å². The highest BCUT2D eigenvalue weighted by Crippen LogP contribution is 2.46. The largest absolute Gasteiger partial charge is 0.454 e. The normalized spacial score (nSPS) is 11.6. The number of furan rings is 2. The van der Waals surface area contributed by atoms with E-state index in [9.17, 15) is 0 Å². The summed E-state index contributed by atoms with van der Waals surface area (Å²) in [5, 5.41) is 4.37. The van der Waals surface area contributed by atoms with Gasteiger partial charge in [-0.3, -0.25) is 0 Å². The van der Waals surface area contributed by atoms with Gasteiger partial charge in [-0.1, -0.05) is 127 Å². The van der Waals surface area contributed by atoms with Crippen LogP contribution in [0.1, 0.15) is 0 Å². The van der Waals surface area contributed by atoms with E-state index in [4.69, 9.17) is 8.83 Å². The predicted octanol–water partition coefficient (Wildman–Crippen LogP) is 12.3. The minimum absolute atomic E-state index is 0.840. The van der Waals surface area contributed by atoms with Crippen LogP contribution >= 0.6 is 0 Å². The summed E-state index contributed by atoms with van der Waals surface area (Å²) < 4.78 is 13.1. The minimum atomic E-state index is 0.840. The standard InChI is InChI=1S/C42H27NO2/c1-2-10-28(11-3-1)29-20-22-30(23-21-29)31-24-26-32(27-25-31)43(37-16-8-14-35-33-12-4-6-18-39(33)44-41(35)37)38-17-9-15-36-34-13-5-7-19-40(34)45-42(36)38/h1-27H. The first-order valence-electron chi connectivity index (χ1n) is 15.2. The van der Waals surface area contributed by atoms with Crippen LogP contribution in [0.25, 0.3) is 66.1 Å². The number of rotatable bonds is 5. The van der Waals surface area contributed by atoms with Gasteiger partial charge in [0.2, 0.25) is 0 Å². The fourth-order valence-corrected chi connectivity index (χ4v) is 6.51. The van der Waals surface area contributed by atoms with Gasteiger partial charge in [-0.2, -0.15) is 0 Å². The van der Waals surface area contributed by atoms with Crippen molar-refractivity contribution in [3.05, 3.63) is 164 Å². The SMILES string of the molecule is c1ccc(-c2ccc(-c3ccc(N(c4cccc5c4oc4ccccc45)c4cccc5c4oc4ccccc45)cc3)cc2)cc1. The Morgan fingerprint density at radius 1 is 0.311 bits per heavy atom. The highest BCUT2D eigenvalue weighted by molar-refractivity contribution is 6.13. The first kappa shape index (κ1) is 25.4. The van der Waals surface area contributed by atoms with Gasteiger partial charge in [0, 0.05) is 27.2 Å². The van der Waals surface area contributed by atoms with Crippen molar-refractivity contribution >= 4 is 60.9 Å². The summed E-state index contributed by atoms with van der Waals surface area (Å²) in [6.45, 7) is 0. The monoisotopic (exact) mass is 577 g/mol. The lowest BCUT2D eigenvalue weighted by atomic mass is 10.00. The molecule has 9 aromatic rings. The Morgan fingerprint density at radius 2 is 0.711 bits per heavy atom. The molecule has 0 amide bonds. The summed E-state index contributed by atoms with van der Waals surface area (Å²) in [6.07, 6.45) is 0. The molecule has 0 fully saturated rings. The lowest BCUT2D eigenvalue weighted by Crippen LogP contribution is -2.10. The van der Waals surface area contributed by atoms with E-state index in [1.165, 1.54) is 16.7 Å². The van der Waals surface area contributed by atoms with Crippen molar-refractivity contribution in [3.63, 3.8) is 0 Å². The van der Waals surface area contributed by atoms with E-state index in [2.05, 4.69) is 138 Å². The van der Waals surface area contributed by atoms with Crippen LogP contribution in [-0.2, 0) is 0 Å². The summed E-state index contributed by atoms with van der Waals surface area (Å²) in [5.74, 6) is 0. The van der Waals surface area contributed by atoms with Gasteiger partial charge in [0.15, 0.2) is 11.2 Å². The Morgan fingerprint density at radius 3 is 1.22 bits per heavy atom. The Kier molecular flexibility index (Phi) is 5.82. The molecule has 0 saturated heterocycles. The molecule has 2 aromatic heterocycles. The van der Waals surface area contributed by atoms with Crippen LogP contribution in [0.5, 0.6) is 0 Å². The fourth-order valence-electron chi connectivity index (χ4n) is 6.51. The van der Waals surface area contributed by atoms with Crippen LogP contribution in [0.15, 0.2) is 173 Å². The van der Waals surface area contributed by atoms with Crippen LogP contribution in [0.4, 0.5) is 17.1 Å². The number of para-hydroxylation sites is 4. The van der Waals surface area contributed by atoms with E-state index in [1.54, 1.807) is 0 Å². The molecule has 9 rings (SSSR count). The number of nitrogens with zero attached hydrogens (tertiary/aromatic N) is 1. The van der Waals surface area contributed by atoms with Gasteiger partial charge in [-0.15, -0.1) is 0 Å². The zero-order valence-electron chi connectivity index (χ0n) is 24.4. The topological polar surface area (TPSA) is 29.5 Å². The predicted molar refractivity (Wildman–Crippen MR) is 187 cm³/mol. The van der Waals surface area contributed by atoms with Gasteiger partial charge in [0.1, 0.15) is 11.2 Å². The van der Waals surface area contributed by atoms with Crippen LogP contribution in [0.2, 0.25) is 0 Å². The molecule has 0 aliphatic heterocycles. The molecule has 45 heavy (non-hydrogen) atoms. The van der Waals surface area contributed by atoms with Crippen molar-refractivity contribution in [2.45, 2.75) is 0 Å². The second-order valence-electron chi connectivity index (χ2n) is 11.3. The first-order chi connectivity index (χ1) is 22.3. The van der Waals surface area contributed by atoms with Crippen LogP contribution in [-0.4, -0.2) is 0 Å². The molecule has 3 heteroatoms. The molecule has 0 saturated carbocycles. The smallest absolute Gasteiger partial charge is 0.159 e. The molecule has 0 atom stereocenters. The second kappa shape index (κ2) is 10.3. The molecule has 0 aliphatic rings. The maximum absolute atomic E-state index is 6.55. The molecular formula is C42H27NO2. The average Bonchev–Trinajstić information content (AvgIpc) is 3.69. The molecule has 0 radical (unpaired) electrons. The lowest BCUT2D eigenvalue weighted by molar-refractivity contribution is 0.666. The maximum Gasteiger partial charge on any atom is 0.159 e. The third-order valence-electron chi connectivity index (χ3n) is 8.70. The molecule has 3 nitrogen and oxygen atoms in total. The van der Waals surface area contributed by atoms with Crippen molar-refractivity contribution in [2.75, 3.05) is 4.90 Å². The lowest BCUT2D eigenvalue weighted by Gasteiger charge is -2.25. The third kappa shape index (κ3) is 4.21. The fraction of sp³-hybridized carbons (Fsp3) is 0. The van der Waals surface area contributed by atoms with Crippen LogP contribution in [0.3, 0.4) is 0 Å². The van der Waals surface area contributed by atoms with Crippen molar-refractivity contribution in [2.24, 2.45) is 0 Å². The molecule has 212 valence electrons. The molecule has 2 heterocycles. The molecule has 0 unspecified atom stereocenters. The van der Waals surface area contributed by atoms with E-state index >= 15 is 0 Å². The number of fused-ring (bicyclic) bond motifs is 6. The Labute approximate surface area is 260 Å². The highest BCUT2D eigenvalue weighted by atomic mass is 16.3. The summed E-state index contributed by atoms with van der Waals surface area (Å²) in [4.78, 5) is 2.26. The van der Waals surface area contributed by atoms with Gasteiger partial charge < -0.3 is 13.7 Å². The van der Waals surface area contributed by atoms with Crippen molar-refractivity contribution < 1.29 is 8.83 Å². The summed E-state index contributed by atoms with van der Waals surface area (Å²) in [7, 11) is 0. The molecular weight excluding hydrogens is 550 g/mol. The van der Waals surface area contributed by atoms with Crippen LogP contribution < -0.4 is 4.90 Å². The Bertz CT molecular complexity index is 2350. The van der Waals surface area contributed by atoms with E-state index in [0.29, 0.717) is 0 Å². The van der Waals surface area contributed by atoms with E-state index in [0.717, 1.165) is 66.5 Å². The quantitative estimate of drug-likeness (QED) is 0.204. The van der Waals surface area contributed by atoms with Crippen molar-refractivity contribution in [1.29, 1.82) is 0 Å². The number of benzene rings is 7. The molecule has 7 aromatic carbocycles. The first-order valence-corrected chi connectivity index (χ1v) is 15.2. The number of hydrogen-bond acceptors (Lipinski definition) is 3. The highest BCUT2D eigenvalue weighted by Gasteiger charge is 2.23. The molecule has 0 N–H and O–H groups in total. The minimum Gasteiger partial charge on any atom is -0.454 e. The number of hydrogen-bond donors (Lipinski definition) is 0. The Balaban J connectivity index is 1.21. The molecule has 0 bridgehead atoms.